The molecule has 2 heterocycles. The fraction of sp³-hybridized carbons (Fsp3) is 0.182. The lowest BCUT2D eigenvalue weighted by Gasteiger charge is -2.11. The van der Waals surface area contributed by atoms with Gasteiger partial charge in [-0.3, -0.25) is 0 Å². The number of benzene rings is 2. The molecule has 0 spiro atoms. The van der Waals surface area contributed by atoms with Crippen LogP contribution in [0.2, 0.25) is 0 Å². The van der Waals surface area contributed by atoms with Crippen LogP contribution in [0.4, 0.5) is 11.5 Å². The lowest BCUT2D eigenvalue weighted by Crippen LogP contribution is -2.27. The van der Waals surface area contributed by atoms with Gasteiger partial charge in [0.25, 0.3) is 0 Å². The molecule has 0 fully saturated rings. The van der Waals surface area contributed by atoms with Gasteiger partial charge in [-0.2, -0.15) is 0 Å². The summed E-state index contributed by atoms with van der Waals surface area (Å²) in [5.41, 5.74) is 3.15. The number of rotatable bonds is 8. The van der Waals surface area contributed by atoms with Crippen molar-refractivity contribution in [1.29, 1.82) is 0 Å². The van der Waals surface area contributed by atoms with Crippen LogP contribution in [0.15, 0.2) is 60.7 Å². The summed E-state index contributed by atoms with van der Waals surface area (Å²) in [5.74, 6) is 1.41. The second-order valence-corrected chi connectivity index (χ2v) is 6.72. The molecule has 4 rings (SSSR count). The first-order valence-electron chi connectivity index (χ1n) is 9.57. The smallest absolute Gasteiger partial charge is 0.439 e. The Morgan fingerprint density at radius 1 is 1.17 bits per heavy atom. The third-order valence-electron chi connectivity index (χ3n) is 4.62. The van der Waals surface area contributed by atoms with E-state index in [1.54, 1.807) is 24.3 Å². The van der Waals surface area contributed by atoms with Crippen molar-refractivity contribution in [3.63, 3.8) is 0 Å². The van der Waals surface area contributed by atoms with Gasteiger partial charge in [0.15, 0.2) is 0 Å². The molecule has 0 amide bonds. The Hall–Kier alpha value is -3.38. The molecule has 2 aromatic carbocycles. The molecule has 1 aliphatic rings. The highest BCUT2D eigenvalue weighted by atomic mass is 16.5. The number of aromatic nitrogens is 1. The van der Waals surface area contributed by atoms with E-state index in [0.29, 0.717) is 49.5 Å². The number of fused-ring (bicyclic) bond motifs is 1. The second kappa shape index (κ2) is 9.42. The SMILES string of the molecule is [C-]#[N+]c1ccc(Oc2ccc3c(c2)COB3O)nc1NCCOCc1ccccc1. The Kier molecular flexibility index (Phi) is 6.25. The third-order valence-corrected chi connectivity index (χ3v) is 4.62. The molecule has 0 bridgehead atoms. The summed E-state index contributed by atoms with van der Waals surface area (Å²) >= 11 is 0. The van der Waals surface area contributed by atoms with E-state index >= 15 is 0 Å². The molecular weight excluding hydrogens is 381 g/mol. The molecular formula is C22H20BN3O4. The van der Waals surface area contributed by atoms with Gasteiger partial charge in [-0.25, -0.2) is 9.83 Å². The molecule has 3 aromatic rings. The Labute approximate surface area is 175 Å². The fourth-order valence-corrected chi connectivity index (χ4v) is 3.11. The second-order valence-electron chi connectivity index (χ2n) is 6.72. The van der Waals surface area contributed by atoms with Gasteiger partial charge in [-0.05, 0) is 40.9 Å². The molecule has 0 saturated heterocycles. The molecule has 1 aromatic heterocycles. The zero-order valence-corrected chi connectivity index (χ0v) is 16.2. The maximum absolute atomic E-state index is 9.72. The van der Waals surface area contributed by atoms with Crippen molar-refractivity contribution in [2.24, 2.45) is 0 Å². The van der Waals surface area contributed by atoms with Gasteiger partial charge >= 0.3 is 7.12 Å². The Morgan fingerprint density at radius 2 is 2.03 bits per heavy atom. The van der Waals surface area contributed by atoms with E-state index in [1.807, 2.05) is 36.4 Å². The van der Waals surface area contributed by atoms with Crippen molar-refractivity contribution < 1.29 is 19.2 Å². The van der Waals surface area contributed by atoms with Crippen LogP contribution in [-0.4, -0.2) is 30.3 Å². The van der Waals surface area contributed by atoms with Gasteiger partial charge in [-0.1, -0.05) is 36.4 Å². The van der Waals surface area contributed by atoms with Gasteiger partial charge in [0.05, 0.1) is 26.4 Å². The number of nitrogens with zero attached hydrogens (tertiary/aromatic N) is 2. The van der Waals surface area contributed by atoms with E-state index in [4.69, 9.17) is 20.7 Å². The highest BCUT2D eigenvalue weighted by Gasteiger charge is 2.27. The monoisotopic (exact) mass is 401 g/mol. The van der Waals surface area contributed by atoms with Crippen LogP contribution >= 0.6 is 0 Å². The van der Waals surface area contributed by atoms with E-state index in [9.17, 15) is 5.02 Å². The highest BCUT2D eigenvalue weighted by Crippen LogP contribution is 2.29. The van der Waals surface area contributed by atoms with Gasteiger partial charge in [0.2, 0.25) is 11.6 Å². The van der Waals surface area contributed by atoms with Crippen LogP contribution in [0.25, 0.3) is 4.85 Å². The number of nitrogens with one attached hydrogen (secondary N) is 1. The predicted octanol–water partition coefficient (Wildman–Crippen LogP) is 3.27. The van der Waals surface area contributed by atoms with Crippen molar-refractivity contribution >= 4 is 24.1 Å². The summed E-state index contributed by atoms with van der Waals surface area (Å²) in [6.45, 7) is 9.21. The van der Waals surface area contributed by atoms with E-state index in [-0.39, 0.29) is 0 Å². The van der Waals surface area contributed by atoms with Crippen LogP contribution in [0.3, 0.4) is 0 Å². The minimum absolute atomic E-state index is 0.341. The molecule has 8 heteroatoms. The summed E-state index contributed by atoms with van der Waals surface area (Å²) in [7, 11) is -0.884. The number of hydrogen-bond acceptors (Lipinski definition) is 6. The van der Waals surface area contributed by atoms with E-state index in [1.165, 1.54) is 0 Å². The molecule has 1 aliphatic heterocycles. The standard InChI is InChI=1S/C22H20BN3O4/c1-24-20-9-10-21(30-18-7-8-19-17(13-18)15-29-23(19)27)26-22(20)25-11-12-28-14-16-5-3-2-4-6-16/h2-10,13,27H,11-12,14-15H2,(H,25,26). The summed E-state index contributed by atoms with van der Waals surface area (Å²) in [5, 5.41) is 12.9. The van der Waals surface area contributed by atoms with E-state index in [2.05, 4.69) is 15.1 Å². The number of pyridine rings is 1. The zero-order valence-electron chi connectivity index (χ0n) is 16.2. The molecule has 30 heavy (non-hydrogen) atoms. The molecule has 7 nitrogen and oxygen atoms in total. The molecule has 0 aliphatic carbocycles. The van der Waals surface area contributed by atoms with Crippen LogP contribution in [0.1, 0.15) is 11.1 Å². The average molecular weight is 401 g/mol. The molecule has 2 N–H and O–H groups in total. The third kappa shape index (κ3) is 4.78. The van der Waals surface area contributed by atoms with Crippen molar-refractivity contribution in [3.05, 3.63) is 83.2 Å². The van der Waals surface area contributed by atoms with Crippen molar-refractivity contribution in [2.45, 2.75) is 13.2 Å². The summed E-state index contributed by atoms with van der Waals surface area (Å²) in [6, 6.07) is 18.6. The van der Waals surface area contributed by atoms with Gasteiger partial charge in [0.1, 0.15) is 11.6 Å². The average Bonchev–Trinajstić information content (AvgIpc) is 3.14. The first kappa shape index (κ1) is 19.9. The normalized spacial score (nSPS) is 12.3. The first-order chi connectivity index (χ1) is 14.7. The lowest BCUT2D eigenvalue weighted by molar-refractivity contribution is 0.130. The van der Waals surface area contributed by atoms with Crippen LogP contribution in [0.5, 0.6) is 11.6 Å². The minimum atomic E-state index is -0.884. The van der Waals surface area contributed by atoms with Crippen molar-refractivity contribution in [1.82, 2.24) is 4.98 Å². The summed E-state index contributed by atoms with van der Waals surface area (Å²) in [4.78, 5) is 7.92. The zero-order chi connectivity index (χ0) is 20.8. The van der Waals surface area contributed by atoms with Crippen molar-refractivity contribution in [3.8, 4) is 11.6 Å². The molecule has 0 saturated carbocycles. The minimum Gasteiger partial charge on any atom is -0.439 e. The van der Waals surface area contributed by atoms with Crippen LogP contribution in [0, 0.1) is 6.57 Å². The maximum Gasteiger partial charge on any atom is 0.491 e. The molecule has 0 radical (unpaired) electrons. The number of ether oxygens (including phenoxy) is 2. The Morgan fingerprint density at radius 3 is 2.87 bits per heavy atom. The van der Waals surface area contributed by atoms with Gasteiger partial charge < -0.3 is 24.5 Å². The number of hydrogen-bond donors (Lipinski definition) is 2. The highest BCUT2D eigenvalue weighted by molar-refractivity contribution is 6.61. The Bertz CT molecular complexity index is 1060. The quantitative estimate of drug-likeness (QED) is 0.343. The van der Waals surface area contributed by atoms with E-state index < -0.39 is 7.12 Å². The van der Waals surface area contributed by atoms with E-state index in [0.717, 1.165) is 16.6 Å². The molecule has 0 unspecified atom stereocenters. The van der Waals surface area contributed by atoms with Gasteiger partial charge in [-0.15, -0.1) is 0 Å². The molecule has 0 atom stereocenters. The van der Waals surface area contributed by atoms with Crippen LogP contribution in [-0.2, 0) is 22.6 Å². The summed E-state index contributed by atoms with van der Waals surface area (Å²) < 4.78 is 16.7. The van der Waals surface area contributed by atoms with Crippen LogP contribution < -0.4 is 15.5 Å². The first-order valence-corrected chi connectivity index (χ1v) is 9.57. The predicted molar refractivity (Wildman–Crippen MR) is 114 cm³/mol. The summed E-state index contributed by atoms with van der Waals surface area (Å²) in [6.07, 6.45) is 0. The Balaban J connectivity index is 1.35. The largest absolute Gasteiger partial charge is 0.491 e. The van der Waals surface area contributed by atoms with Gasteiger partial charge in [0, 0.05) is 6.54 Å². The maximum atomic E-state index is 9.72. The van der Waals surface area contributed by atoms with Crippen molar-refractivity contribution in [2.75, 3.05) is 18.5 Å². The topological polar surface area (TPSA) is 77.2 Å². The molecule has 150 valence electrons. The number of anilines is 1. The fourth-order valence-electron chi connectivity index (χ4n) is 3.11. The lowest BCUT2D eigenvalue weighted by atomic mass is 9.80.